The van der Waals surface area contributed by atoms with Gasteiger partial charge in [-0.05, 0) is 19.4 Å². The average Bonchev–Trinajstić information content (AvgIpc) is 2.95. The summed E-state index contributed by atoms with van der Waals surface area (Å²) in [6.07, 6.45) is 2.98. The summed E-state index contributed by atoms with van der Waals surface area (Å²) in [5.74, 6) is 0. The van der Waals surface area contributed by atoms with E-state index in [1.807, 2.05) is 16.9 Å². The van der Waals surface area contributed by atoms with E-state index in [4.69, 9.17) is 4.74 Å². The van der Waals surface area contributed by atoms with Crippen LogP contribution in [0.3, 0.4) is 0 Å². The van der Waals surface area contributed by atoms with Crippen LogP contribution in [0.15, 0.2) is 12.3 Å². The summed E-state index contributed by atoms with van der Waals surface area (Å²) in [4.78, 5) is 2.28. The smallest absolute Gasteiger partial charge is 0.0714 e. The first-order valence-corrected chi connectivity index (χ1v) is 6.16. The molecule has 1 aliphatic rings. The van der Waals surface area contributed by atoms with Crippen LogP contribution in [0.1, 0.15) is 19.0 Å². The largest absolute Gasteiger partial charge is 0.395 e. The fourth-order valence-electron chi connectivity index (χ4n) is 2.48. The third-order valence-electron chi connectivity index (χ3n) is 3.50. The minimum Gasteiger partial charge on any atom is -0.395 e. The van der Waals surface area contributed by atoms with Crippen LogP contribution < -0.4 is 0 Å². The van der Waals surface area contributed by atoms with E-state index in [-0.39, 0.29) is 18.8 Å². The molecule has 96 valence electrons. The van der Waals surface area contributed by atoms with E-state index in [9.17, 15) is 5.11 Å². The van der Waals surface area contributed by atoms with Crippen molar-refractivity contribution in [1.82, 2.24) is 14.7 Å². The molecule has 0 bridgehead atoms. The fourth-order valence-corrected chi connectivity index (χ4v) is 2.48. The van der Waals surface area contributed by atoms with Gasteiger partial charge in [0.25, 0.3) is 0 Å². The molecule has 0 radical (unpaired) electrons. The van der Waals surface area contributed by atoms with Crippen LogP contribution >= 0.6 is 0 Å². The Hall–Kier alpha value is -0.910. The van der Waals surface area contributed by atoms with Crippen molar-refractivity contribution >= 4 is 0 Å². The number of aromatic nitrogens is 2. The molecule has 0 saturated carbocycles. The van der Waals surface area contributed by atoms with Gasteiger partial charge in [-0.25, -0.2) is 0 Å². The molecular formula is C12H21N3O2. The summed E-state index contributed by atoms with van der Waals surface area (Å²) in [5.41, 5.74) is 1.20. The molecule has 0 aliphatic carbocycles. The first kappa shape index (κ1) is 12.5. The predicted octanol–water partition coefficient (Wildman–Crippen LogP) is 0.485. The van der Waals surface area contributed by atoms with Gasteiger partial charge in [-0.15, -0.1) is 0 Å². The molecule has 1 fully saturated rings. The van der Waals surface area contributed by atoms with Gasteiger partial charge in [0.05, 0.1) is 18.4 Å². The molecule has 2 atom stereocenters. The summed E-state index contributed by atoms with van der Waals surface area (Å²) in [6.45, 7) is 4.88. The highest BCUT2D eigenvalue weighted by Gasteiger charge is 2.31. The number of hydrogen-bond acceptors (Lipinski definition) is 4. The summed E-state index contributed by atoms with van der Waals surface area (Å²) < 4.78 is 7.37. The third kappa shape index (κ3) is 2.68. The van der Waals surface area contributed by atoms with Gasteiger partial charge in [-0.3, -0.25) is 9.58 Å². The zero-order chi connectivity index (χ0) is 12.3. The lowest BCUT2D eigenvalue weighted by atomic mass is 10.2. The van der Waals surface area contributed by atoms with Crippen LogP contribution in [-0.2, 0) is 17.8 Å². The second-order valence-corrected chi connectivity index (χ2v) is 4.50. The molecule has 17 heavy (non-hydrogen) atoms. The predicted molar refractivity (Wildman–Crippen MR) is 64.6 cm³/mol. The summed E-state index contributed by atoms with van der Waals surface area (Å²) in [6, 6.07) is 2.25. The Morgan fingerprint density at radius 3 is 3.06 bits per heavy atom. The number of methoxy groups -OCH3 is 1. The molecule has 1 N–H and O–H groups in total. The molecule has 1 aliphatic heterocycles. The maximum atomic E-state index is 9.39. The van der Waals surface area contributed by atoms with Gasteiger partial charge in [-0.2, -0.15) is 5.10 Å². The Kier molecular flexibility index (Phi) is 4.15. The van der Waals surface area contributed by atoms with E-state index in [0.29, 0.717) is 0 Å². The Morgan fingerprint density at radius 2 is 2.41 bits per heavy atom. The number of aliphatic hydroxyl groups excluding tert-OH is 1. The van der Waals surface area contributed by atoms with Crippen molar-refractivity contribution in [2.24, 2.45) is 0 Å². The molecule has 2 rings (SSSR count). The van der Waals surface area contributed by atoms with Crippen molar-refractivity contribution in [1.29, 1.82) is 0 Å². The van der Waals surface area contributed by atoms with Crippen LogP contribution in [0.4, 0.5) is 0 Å². The van der Waals surface area contributed by atoms with Crippen molar-refractivity contribution in [2.45, 2.75) is 38.6 Å². The van der Waals surface area contributed by atoms with Gasteiger partial charge in [0, 0.05) is 39.0 Å². The molecule has 0 aromatic carbocycles. The maximum absolute atomic E-state index is 9.39. The third-order valence-corrected chi connectivity index (χ3v) is 3.50. The van der Waals surface area contributed by atoms with Gasteiger partial charge < -0.3 is 9.84 Å². The molecule has 0 amide bonds. The molecule has 0 spiro atoms. The average molecular weight is 239 g/mol. The van der Waals surface area contributed by atoms with E-state index in [1.54, 1.807) is 7.11 Å². The highest BCUT2D eigenvalue weighted by Crippen LogP contribution is 2.21. The Balaban J connectivity index is 2.02. The fraction of sp³-hybridized carbons (Fsp3) is 0.750. The molecule has 2 heterocycles. The van der Waals surface area contributed by atoms with E-state index < -0.39 is 0 Å². The lowest BCUT2D eigenvalue weighted by Crippen LogP contribution is -2.32. The van der Waals surface area contributed by atoms with Crippen molar-refractivity contribution in [3.8, 4) is 0 Å². The number of aryl methyl sites for hydroxylation is 1. The lowest BCUT2D eigenvalue weighted by Gasteiger charge is -2.22. The number of rotatable bonds is 5. The van der Waals surface area contributed by atoms with Gasteiger partial charge in [0.15, 0.2) is 0 Å². The van der Waals surface area contributed by atoms with Crippen LogP contribution in [0.2, 0.25) is 0 Å². The molecule has 0 unspecified atom stereocenters. The van der Waals surface area contributed by atoms with Crippen molar-refractivity contribution in [3.63, 3.8) is 0 Å². The van der Waals surface area contributed by atoms with E-state index in [0.717, 1.165) is 26.1 Å². The van der Waals surface area contributed by atoms with Crippen molar-refractivity contribution in [3.05, 3.63) is 18.0 Å². The Labute approximate surface area is 102 Å². The maximum Gasteiger partial charge on any atom is 0.0714 e. The minimum atomic E-state index is 0.195. The van der Waals surface area contributed by atoms with Gasteiger partial charge in [0.2, 0.25) is 0 Å². The van der Waals surface area contributed by atoms with Crippen molar-refractivity contribution in [2.75, 3.05) is 20.3 Å². The quantitative estimate of drug-likeness (QED) is 0.812. The standard InChI is InChI=1S/C12H21N3O2/c1-3-15-10(4-5-13-15)7-14-8-12(17-2)6-11(14)9-16/h4-5,11-12,16H,3,6-9H2,1-2H3/t11-,12-/m0/s1. The second kappa shape index (κ2) is 5.62. The van der Waals surface area contributed by atoms with E-state index >= 15 is 0 Å². The highest BCUT2D eigenvalue weighted by atomic mass is 16.5. The highest BCUT2D eigenvalue weighted by molar-refractivity contribution is 5.02. The minimum absolute atomic E-state index is 0.195. The topological polar surface area (TPSA) is 50.5 Å². The Morgan fingerprint density at radius 1 is 1.59 bits per heavy atom. The number of likely N-dealkylation sites (tertiary alicyclic amines) is 1. The molecule has 5 nitrogen and oxygen atoms in total. The van der Waals surface area contributed by atoms with Crippen molar-refractivity contribution < 1.29 is 9.84 Å². The number of ether oxygens (including phenoxy) is 1. The SMILES string of the molecule is CCn1nccc1CN1C[C@@H](OC)C[C@H]1CO. The number of aliphatic hydroxyl groups is 1. The first-order chi connectivity index (χ1) is 8.28. The molecule has 1 aromatic rings. The van der Waals surface area contributed by atoms with Gasteiger partial charge in [-0.1, -0.05) is 0 Å². The molecule has 5 heteroatoms. The van der Waals surface area contributed by atoms with Gasteiger partial charge in [0.1, 0.15) is 0 Å². The normalized spacial score (nSPS) is 25.6. The van der Waals surface area contributed by atoms with Gasteiger partial charge >= 0.3 is 0 Å². The van der Waals surface area contributed by atoms with Crippen LogP contribution in [0.5, 0.6) is 0 Å². The van der Waals surface area contributed by atoms with Crippen LogP contribution in [0.25, 0.3) is 0 Å². The summed E-state index contributed by atoms with van der Waals surface area (Å²) in [5, 5.41) is 13.6. The number of hydrogen-bond donors (Lipinski definition) is 1. The second-order valence-electron chi connectivity index (χ2n) is 4.50. The summed E-state index contributed by atoms with van der Waals surface area (Å²) in [7, 11) is 1.74. The van der Waals surface area contributed by atoms with Crippen LogP contribution in [0, 0.1) is 0 Å². The van der Waals surface area contributed by atoms with E-state index in [1.165, 1.54) is 5.69 Å². The molecule has 1 saturated heterocycles. The van der Waals surface area contributed by atoms with E-state index in [2.05, 4.69) is 16.9 Å². The monoisotopic (exact) mass is 239 g/mol. The first-order valence-electron chi connectivity index (χ1n) is 6.16. The summed E-state index contributed by atoms with van der Waals surface area (Å²) >= 11 is 0. The zero-order valence-corrected chi connectivity index (χ0v) is 10.5. The molecule has 1 aromatic heterocycles. The van der Waals surface area contributed by atoms with Crippen LogP contribution in [-0.4, -0.2) is 52.2 Å². The lowest BCUT2D eigenvalue weighted by molar-refractivity contribution is 0.106. The number of nitrogens with zero attached hydrogens (tertiary/aromatic N) is 3. The zero-order valence-electron chi connectivity index (χ0n) is 10.5. The molecular weight excluding hydrogens is 218 g/mol. The Bertz CT molecular complexity index is 353.